The summed E-state index contributed by atoms with van der Waals surface area (Å²) in [7, 11) is 0. The number of aliphatic hydroxyl groups excluding tert-OH is 1. The fraction of sp³-hybridized carbons (Fsp3) is 0.375. The topological polar surface area (TPSA) is 70.5 Å². The van der Waals surface area contributed by atoms with E-state index in [-0.39, 0.29) is 12.7 Å². The third-order valence-electron chi connectivity index (χ3n) is 3.78. The molecule has 0 amide bonds. The number of morpholine rings is 1. The highest BCUT2D eigenvalue weighted by Gasteiger charge is 2.23. The van der Waals surface area contributed by atoms with Crippen molar-refractivity contribution in [2.24, 2.45) is 0 Å². The number of ether oxygens (including phenoxy) is 1. The van der Waals surface area contributed by atoms with E-state index in [0.717, 1.165) is 17.9 Å². The van der Waals surface area contributed by atoms with Gasteiger partial charge in [-0.25, -0.2) is 9.97 Å². The Morgan fingerprint density at radius 3 is 2.92 bits per heavy atom. The van der Waals surface area contributed by atoms with Gasteiger partial charge in [-0.3, -0.25) is 0 Å². The first kappa shape index (κ1) is 17.2. The van der Waals surface area contributed by atoms with Gasteiger partial charge in [-0.05, 0) is 17.7 Å². The zero-order valence-corrected chi connectivity index (χ0v) is 14.5. The molecule has 0 aliphatic carbocycles. The molecule has 128 valence electrons. The molecule has 2 heterocycles. The lowest BCUT2D eigenvalue weighted by Crippen LogP contribution is -2.38. The van der Waals surface area contributed by atoms with Crippen LogP contribution in [0.4, 0.5) is 11.6 Å². The van der Waals surface area contributed by atoms with E-state index in [1.165, 1.54) is 6.33 Å². The van der Waals surface area contributed by atoms with Gasteiger partial charge in [0, 0.05) is 25.7 Å². The number of nitrogens with one attached hydrogen (secondary N) is 1. The van der Waals surface area contributed by atoms with E-state index in [1.807, 2.05) is 18.2 Å². The lowest BCUT2D eigenvalue weighted by molar-refractivity contribution is 0.0395. The zero-order chi connectivity index (χ0) is 16.9. The van der Waals surface area contributed by atoms with E-state index in [9.17, 15) is 0 Å². The van der Waals surface area contributed by atoms with Crippen molar-refractivity contribution >= 4 is 34.8 Å². The van der Waals surface area contributed by atoms with Gasteiger partial charge in [0.25, 0.3) is 0 Å². The van der Waals surface area contributed by atoms with Crippen molar-refractivity contribution in [3.8, 4) is 0 Å². The molecule has 1 aromatic carbocycles. The monoisotopic (exact) mass is 368 g/mol. The predicted octanol–water partition coefficient (Wildman–Crippen LogP) is 2.77. The van der Waals surface area contributed by atoms with E-state index in [1.54, 1.807) is 6.07 Å². The average molecular weight is 369 g/mol. The van der Waals surface area contributed by atoms with Crippen molar-refractivity contribution in [1.82, 2.24) is 9.97 Å². The normalized spacial score (nSPS) is 17.8. The predicted molar refractivity (Wildman–Crippen MR) is 95.0 cm³/mol. The summed E-state index contributed by atoms with van der Waals surface area (Å²) >= 11 is 12.1. The van der Waals surface area contributed by atoms with Gasteiger partial charge in [0.2, 0.25) is 0 Å². The number of aliphatic hydroxyl groups is 1. The quantitative estimate of drug-likeness (QED) is 0.845. The molecule has 8 heteroatoms. The summed E-state index contributed by atoms with van der Waals surface area (Å²) in [5.41, 5.74) is 0.988. The molecule has 24 heavy (non-hydrogen) atoms. The van der Waals surface area contributed by atoms with E-state index >= 15 is 0 Å². The second-order valence-electron chi connectivity index (χ2n) is 5.39. The molecule has 0 saturated carbocycles. The molecule has 0 bridgehead atoms. The summed E-state index contributed by atoms with van der Waals surface area (Å²) in [6, 6.07) is 7.42. The number of rotatable bonds is 5. The molecule has 1 fully saturated rings. The molecular weight excluding hydrogens is 351 g/mol. The van der Waals surface area contributed by atoms with Crippen LogP contribution in [0, 0.1) is 0 Å². The molecule has 0 spiro atoms. The summed E-state index contributed by atoms with van der Waals surface area (Å²) in [5, 5.41) is 13.0. The minimum Gasteiger partial charge on any atom is -0.395 e. The van der Waals surface area contributed by atoms with Crippen LogP contribution < -0.4 is 10.2 Å². The fourth-order valence-electron chi connectivity index (χ4n) is 2.57. The standard InChI is InChI=1S/C16H18Cl2N4O2/c17-12-2-1-11(7-13(12)18)14-9-22(4-6-24-14)16-8-15(19-3-5-23)20-10-21-16/h1-2,7-8,10,14,23H,3-6,9H2,(H,19,20,21)/t14-/m1/s1. The van der Waals surface area contributed by atoms with E-state index in [4.69, 9.17) is 33.0 Å². The van der Waals surface area contributed by atoms with Gasteiger partial charge < -0.3 is 20.1 Å². The van der Waals surface area contributed by atoms with Gasteiger partial charge in [0.1, 0.15) is 24.1 Å². The molecular formula is C16H18Cl2N4O2. The second-order valence-corrected chi connectivity index (χ2v) is 6.21. The third-order valence-corrected chi connectivity index (χ3v) is 4.52. The van der Waals surface area contributed by atoms with Crippen LogP contribution in [-0.2, 0) is 4.74 Å². The highest BCUT2D eigenvalue weighted by Crippen LogP contribution is 2.30. The van der Waals surface area contributed by atoms with Crippen LogP contribution in [0.25, 0.3) is 0 Å². The largest absolute Gasteiger partial charge is 0.395 e. The number of aromatic nitrogens is 2. The first-order valence-corrected chi connectivity index (χ1v) is 8.41. The smallest absolute Gasteiger partial charge is 0.134 e. The first-order valence-electron chi connectivity index (χ1n) is 7.65. The van der Waals surface area contributed by atoms with Crippen LogP contribution in [0.15, 0.2) is 30.6 Å². The van der Waals surface area contributed by atoms with E-state index < -0.39 is 0 Å². The van der Waals surface area contributed by atoms with Crippen LogP contribution in [0.5, 0.6) is 0 Å². The maximum absolute atomic E-state index is 8.90. The number of halogens is 2. The number of nitrogens with zero attached hydrogens (tertiary/aromatic N) is 3. The Morgan fingerprint density at radius 2 is 2.12 bits per heavy atom. The number of anilines is 2. The van der Waals surface area contributed by atoms with Crippen LogP contribution in [0.1, 0.15) is 11.7 Å². The molecule has 2 aromatic rings. The highest BCUT2D eigenvalue weighted by molar-refractivity contribution is 6.42. The fourth-order valence-corrected chi connectivity index (χ4v) is 2.88. The Kier molecular flexibility index (Phi) is 5.73. The van der Waals surface area contributed by atoms with E-state index in [0.29, 0.717) is 35.6 Å². The van der Waals surface area contributed by atoms with E-state index in [2.05, 4.69) is 20.2 Å². The SMILES string of the molecule is OCCNc1cc(N2CCO[C@@H](c3ccc(Cl)c(Cl)c3)C2)ncn1. The van der Waals surface area contributed by atoms with Crippen molar-refractivity contribution < 1.29 is 9.84 Å². The Morgan fingerprint density at radius 1 is 1.25 bits per heavy atom. The van der Waals surface area contributed by atoms with Crippen molar-refractivity contribution in [2.75, 3.05) is 43.1 Å². The average Bonchev–Trinajstić information content (AvgIpc) is 2.62. The maximum Gasteiger partial charge on any atom is 0.134 e. The molecule has 0 unspecified atom stereocenters. The highest BCUT2D eigenvalue weighted by atomic mass is 35.5. The number of hydrogen-bond donors (Lipinski definition) is 2. The van der Waals surface area contributed by atoms with Crippen molar-refractivity contribution in [1.29, 1.82) is 0 Å². The lowest BCUT2D eigenvalue weighted by atomic mass is 10.1. The first-order chi connectivity index (χ1) is 11.7. The van der Waals surface area contributed by atoms with Crippen LogP contribution in [-0.4, -0.2) is 47.9 Å². The molecule has 1 aliphatic rings. The van der Waals surface area contributed by atoms with Gasteiger partial charge in [-0.2, -0.15) is 0 Å². The molecule has 6 nitrogen and oxygen atoms in total. The van der Waals surface area contributed by atoms with Gasteiger partial charge in [-0.15, -0.1) is 0 Å². The van der Waals surface area contributed by atoms with Gasteiger partial charge in [-0.1, -0.05) is 29.3 Å². The van der Waals surface area contributed by atoms with Crippen LogP contribution in [0.3, 0.4) is 0 Å². The van der Waals surface area contributed by atoms with Crippen LogP contribution >= 0.6 is 23.2 Å². The molecule has 2 N–H and O–H groups in total. The van der Waals surface area contributed by atoms with Gasteiger partial charge in [0.05, 0.1) is 23.3 Å². The Hall–Kier alpha value is -1.60. The Balaban J connectivity index is 1.74. The summed E-state index contributed by atoms with van der Waals surface area (Å²) in [5.74, 6) is 1.51. The Labute approximate surface area is 150 Å². The molecule has 1 atom stereocenters. The zero-order valence-electron chi connectivity index (χ0n) is 13.0. The molecule has 1 saturated heterocycles. The van der Waals surface area contributed by atoms with Gasteiger partial charge in [0.15, 0.2) is 0 Å². The van der Waals surface area contributed by atoms with Crippen molar-refractivity contribution in [3.05, 3.63) is 46.2 Å². The van der Waals surface area contributed by atoms with Crippen molar-refractivity contribution in [2.45, 2.75) is 6.10 Å². The minimum atomic E-state index is -0.0997. The summed E-state index contributed by atoms with van der Waals surface area (Å²) in [6.45, 7) is 2.50. The summed E-state index contributed by atoms with van der Waals surface area (Å²) < 4.78 is 5.87. The lowest BCUT2D eigenvalue weighted by Gasteiger charge is -2.34. The number of benzene rings is 1. The van der Waals surface area contributed by atoms with Gasteiger partial charge >= 0.3 is 0 Å². The maximum atomic E-state index is 8.90. The molecule has 1 aromatic heterocycles. The summed E-state index contributed by atoms with van der Waals surface area (Å²) in [4.78, 5) is 10.6. The number of hydrogen-bond acceptors (Lipinski definition) is 6. The third kappa shape index (κ3) is 4.08. The second kappa shape index (κ2) is 7.98. The van der Waals surface area contributed by atoms with Crippen molar-refractivity contribution in [3.63, 3.8) is 0 Å². The molecule has 1 aliphatic heterocycles. The Bertz CT molecular complexity index is 702. The van der Waals surface area contributed by atoms with Crippen LogP contribution in [0.2, 0.25) is 10.0 Å². The molecule has 0 radical (unpaired) electrons. The summed E-state index contributed by atoms with van der Waals surface area (Å²) in [6.07, 6.45) is 1.41. The minimum absolute atomic E-state index is 0.0519. The molecule has 3 rings (SSSR count).